The van der Waals surface area contributed by atoms with E-state index in [2.05, 4.69) is 10.3 Å². The first-order valence-electron chi connectivity index (χ1n) is 7.20. The van der Waals surface area contributed by atoms with Gasteiger partial charge in [0.15, 0.2) is 0 Å². The Hall–Kier alpha value is -1.86. The molecule has 1 atom stereocenters. The summed E-state index contributed by atoms with van der Waals surface area (Å²) in [6.45, 7) is 4.88. The maximum Gasteiger partial charge on any atom is 0.268 e. The van der Waals surface area contributed by atoms with E-state index in [9.17, 15) is 9.59 Å². The summed E-state index contributed by atoms with van der Waals surface area (Å²) in [5.74, 6) is 6.41. The number of amides is 2. The number of rotatable bonds is 3. The molecule has 0 aromatic carbocycles. The van der Waals surface area contributed by atoms with E-state index < -0.39 is 0 Å². The molecule has 2 saturated heterocycles. The van der Waals surface area contributed by atoms with E-state index in [0.717, 1.165) is 31.8 Å². The summed E-state index contributed by atoms with van der Waals surface area (Å²) in [5.41, 5.74) is 2.59. The number of furan rings is 1. The summed E-state index contributed by atoms with van der Waals surface area (Å²) in [5, 5.41) is 0. The minimum atomic E-state index is -0.339. The van der Waals surface area contributed by atoms with Crippen molar-refractivity contribution in [3.8, 4) is 0 Å². The van der Waals surface area contributed by atoms with Crippen LogP contribution in [0.1, 0.15) is 34.7 Å². The van der Waals surface area contributed by atoms with Crippen molar-refractivity contribution in [1.29, 1.82) is 0 Å². The van der Waals surface area contributed by atoms with Gasteiger partial charge in [0.2, 0.25) is 5.91 Å². The summed E-state index contributed by atoms with van der Waals surface area (Å²) < 4.78 is 5.63. The lowest BCUT2D eigenvalue weighted by Crippen LogP contribution is -2.50. The largest absolute Gasteiger partial charge is 0.464 e. The number of hydrazine groups is 1. The zero-order valence-electron chi connectivity index (χ0n) is 12.1. The van der Waals surface area contributed by atoms with Gasteiger partial charge in [0.1, 0.15) is 11.5 Å². The number of nitrogens with zero attached hydrogens (tertiary/aromatic N) is 2. The van der Waals surface area contributed by atoms with E-state index in [1.165, 1.54) is 0 Å². The Bertz CT molecular complexity index is 569. The van der Waals surface area contributed by atoms with E-state index in [0.29, 0.717) is 30.3 Å². The normalized spacial score (nSPS) is 22.5. The van der Waals surface area contributed by atoms with E-state index >= 15 is 0 Å². The number of nitrogens with two attached hydrogens (primary N) is 1. The Morgan fingerprint density at radius 3 is 3.10 bits per heavy atom. The molecule has 2 aliphatic rings. The van der Waals surface area contributed by atoms with Crippen LogP contribution in [0.15, 0.2) is 10.5 Å². The molecule has 3 heterocycles. The molecular formula is C14H20N4O3. The molecule has 7 heteroatoms. The average molecular weight is 292 g/mol. The molecule has 0 radical (unpaired) electrons. The number of piperazine rings is 1. The van der Waals surface area contributed by atoms with Gasteiger partial charge < -0.3 is 9.32 Å². The average Bonchev–Trinajstić information content (AvgIpc) is 3.02. The van der Waals surface area contributed by atoms with Crippen LogP contribution in [0.3, 0.4) is 0 Å². The van der Waals surface area contributed by atoms with Gasteiger partial charge in [0.05, 0.1) is 12.1 Å². The quantitative estimate of drug-likeness (QED) is 0.465. The van der Waals surface area contributed by atoms with Crippen molar-refractivity contribution in [2.45, 2.75) is 32.4 Å². The van der Waals surface area contributed by atoms with Gasteiger partial charge in [0.25, 0.3) is 5.91 Å². The maximum atomic E-state index is 11.7. The number of hydrogen-bond donors (Lipinski definition) is 2. The topological polar surface area (TPSA) is 91.8 Å². The second-order valence-corrected chi connectivity index (χ2v) is 5.67. The lowest BCUT2D eigenvalue weighted by atomic mass is 10.1. The summed E-state index contributed by atoms with van der Waals surface area (Å²) in [7, 11) is 0. The van der Waals surface area contributed by atoms with Crippen LogP contribution in [-0.4, -0.2) is 47.3 Å². The smallest absolute Gasteiger partial charge is 0.268 e. The maximum absolute atomic E-state index is 11.7. The van der Waals surface area contributed by atoms with Gasteiger partial charge >= 0.3 is 0 Å². The molecule has 2 aliphatic heterocycles. The van der Waals surface area contributed by atoms with Gasteiger partial charge in [-0.05, 0) is 19.4 Å². The molecule has 2 amide bonds. The summed E-state index contributed by atoms with van der Waals surface area (Å²) in [6.07, 6.45) is 1.60. The zero-order chi connectivity index (χ0) is 15.0. The first-order chi connectivity index (χ1) is 10.1. The molecular weight excluding hydrogens is 272 g/mol. The first kappa shape index (κ1) is 14.1. The predicted octanol–water partition coefficient (Wildman–Crippen LogP) is -0.00188. The van der Waals surface area contributed by atoms with Crippen LogP contribution in [0.5, 0.6) is 0 Å². The van der Waals surface area contributed by atoms with E-state index in [1.54, 1.807) is 13.0 Å². The highest BCUT2D eigenvalue weighted by molar-refractivity contribution is 5.94. The van der Waals surface area contributed by atoms with Crippen molar-refractivity contribution in [3.63, 3.8) is 0 Å². The van der Waals surface area contributed by atoms with Crippen LogP contribution < -0.4 is 11.3 Å². The Labute approximate surface area is 123 Å². The zero-order valence-corrected chi connectivity index (χ0v) is 12.1. The van der Waals surface area contributed by atoms with E-state index in [1.807, 2.05) is 4.90 Å². The third kappa shape index (κ3) is 2.66. The number of nitrogen functional groups attached to an aromatic ring is 1. The second kappa shape index (κ2) is 5.50. The Morgan fingerprint density at radius 2 is 2.33 bits per heavy atom. The molecule has 21 heavy (non-hydrogen) atoms. The van der Waals surface area contributed by atoms with Crippen LogP contribution >= 0.6 is 0 Å². The lowest BCUT2D eigenvalue weighted by molar-refractivity contribution is -0.130. The number of carbonyl (C=O) groups is 2. The van der Waals surface area contributed by atoms with Crippen molar-refractivity contribution in [2.75, 3.05) is 19.6 Å². The summed E-state index contributed by atoms with van der Waals surface area (Å²) >= 11 is 0. The fourth-order valence-electron chi connectivity index (χ4n) is 3.22. The van der Waals surface area contributed by atoms with Crippen LogP contribution in [-0.2, 0) is 11.3 Å². The van der Waals surface area contributed by atoms with Gasteiger partial charge in [-0.2, -0.15) is 0 Å². The molecule has 1 aromatic rings. The van der Waals surface area contributed by atoms with Crippen molar-refractivity contribution in [2.24, 2.45) is 5.84 Å². The van der Waals surface area contributed by atoms with Crippen molar-refractivity contribution in [1.82, 2.24) is 15.2 Å². The minimum absolute atomic E-state index is 0.274. The summed E-state index contributed by atoms with van der Waals surface area (Å²) in [4.78, 5) is 27.5. The van der Waals surface area contributed by atoms with Crippen molar-refractivity contribution in [3.05, 3.63) is 23.2 Å². The van der Waals surface area contributed by atoms with Crippen molar-refractivity contribution < 1.29 is 14.0 Å². The van der Waals surface area contributed by atoms with Crippen LogP contribution in [0.4, 0.5) is 0 Å². The number of nitrogens with one attached hydrogen (secondary N) is 1. The fraction of sp³-hybridized carbons (Fsp3) is 0.571. The number of carbonyl (C=O) groups excluding carboxylic acids is 2. The highest BCUT2D eigenvalue weighted by atomic mass is 16.3. The fourth-order valence-corrected chi connectivity index (χ4v) is 3.22. The Morgan fingerprint density at radius 1 is 1.52 bits per heavy atom. The third-order valence-corrected chi connectivity index (χ3v) is 4.30. The molecule has 0 aliphatic carbocycles. The number of hydrogen-bond acceptors (Lipinski definition) is 5. The summed E-state index contributed by atoms with van der Waals surface area (Å²) in [6, 6.07) is 2.07. The van der Waals surface area contributed by atoms with Gasteiger partial charge in [-0.15, -0.1) is 0 Å². The number of fused-ring (bicyclic) bond motifs is 1. The van der Waals surface area contributed by atoms with Crippen LogP contribution in [0.2, 0.25) is 0 Å². The minimum Gasteiger partial charge on any atom is -0.464 e. The highest BCUT2D eigenvalue weighted by Gasteiger charge is 2.35. The van der Waals surface area contributed by atoms with E-state index in [4.69, 9.17) is 10.3 Å². The molecule has 0 saturated carbocycles. The molecule has 114 valence electrons. The monoisotopic (exact) mass is 292 g/mol. The number of aryl methyl sites for hydroxylation is 1. The highest BCUT2D eigenvalue weighted by Crippen LogP contribution is 2.24. The molecule has 0 bridgehead atoms. The molecule has 1 aromatic heterocycles. The molecule has 7 nitrogen and oxygen atoms in total. The van der Waals surface area contributed by atoms with Gasteiger partial charge in [-0.3, -0.25) is 19.9 Å². The standard InChI is InChI=1S/C14H20N4O3/c1-9-12(14(20)16-15)6-11(21-9)8-17-4-5-18-10(7-17)2-3-13(18)19/h6,10H,2-5,7-8,15H2,1H3,(H,16,20). The Kier molecular flexibility index (Phi) is 3.69. The SMILES string of the molecule is Cc1oc(CN2CCN3C(=O)CCC3C2)cc1C(=O)NN. The molecule has 0 spiro atoms. The van der Waals surface area contributed by atoms with Gasteiger partial charge in [-0.25, -0.2) is 5.84 Å². The molecule has 1 unspecified atom stereocenters. The van der Waals surface area contributed by atoms with Gasteiger partial charge in [-0.1, -0.05) is 0 Å². The predicted molar refractivity (Wildman–Crippen MR) is 75.1 cm³/mol. The molecule has 3 rings (SSSR count). The van der Waals surface area contributed by atoms with Crippen LogP contribution in [0.25, 0.3) is 0 Å². The lowest BCUT2D eigenvalue weighted by Gasteiger charge is -2.37. The Balaban J connectivity index is 1.65. The molecule has 2 fully saturated rings. The molecule has 3 N–H and O–H groups in total. The third-order valence-electron chi connectivity index (χ3n) is 4.30. The second-order valence-electron chi connectivity index (χ2n) is 5.67. The van der Waals surface area contributed by atoms with Crippen LogP contribution in [0, 0.1) is 6.92 Å². The van der Waals surface area contributed by atoms with Crippen molar-refractivity contribution >= 4 is 11.8 Å². The first-order valence-corrected chi connectivity index (χ1v) is 7.20. The van der Waals surface area contributed by atoms with Gasteiger partial charge in [0, 0.05) is 32.1 Å². The van der Waals surface area contributed by atoms with E-state index in [-0.39, 0.29) is 11.8 Å².